The molecule has 2 N–H and O–H groups in total. The highest BCUT2D eigenvalue weighted by atomic mass is 35.5. The van der Waals surface area contributed by atoms with Gasteiger partial charge in [-0.2, -0.15) is 0 Å². The van der Waals surface area contributed by atoms with E-state index in [1.54, 1.807) is 11.0 Å². The Hall–Kier alpha value is -1.26. The van der Waals surface area contributed by atoms with Crippen LogP contribution in [0.1, 0.15) is 24.2 Å². The normalized spacial score (nSPS) is 24.1. The summed E-state index contributed by atoms with van der Waals surface area (Å²) in [6.07, 6.45) is 0. The van der Waals surface area contributed by atoms with Crippen LogP contribution in [0.5, 0.6) is 5.75 Å². The van der Waals surface area contributed by atoms with Crippen molar-refractivity contribution in [2.24, 2.45) is 0 Å². The summed E-state index contributed by atoms with van der Waals surface area (Å²) < 4.78 is 0. The lowest BCUT2D eigenvalue weighted by atomic mass is 10.1. The minimum Gasteiger partial charge on any atom is -0.508 e. The molecule has 1 aliphatic heterocycles. The van der Waals surface area contributed by atoms with E-state index in [0.717, 1.165) is 0 Å². The SMILES string of the molecule is CC1CN(C(=O)c2cc(O)ccc2Cl)CC(C)N1. The second-order valence-electron chi connectivity index (χ2n) is 4.84. The van der Waals surface area contributed by atoms with Gasteiger partial charge in [0.05, 0.1) is 10.6 Å². The molecule has 98 valence electrons. The molecule has 0 bridgehead atoms. The van der Waals surface area contributed by atoms with Crippen LogP contribution in [-0.2, 0) is 0 Å². The van der Waals surface area contributed by atoms with Gasteiger partial charge in [0, 0.05) is 25.2 Å². The van der Waals surface area contributed by atoms with E-state index in [4.69, 9.17) is 11.6 Å². The summed E-state index contributed by atoms with van der Waals surface area (Å²) >= 11 is 6.01. The number of phenolic OH excluding ortho intramolecular Hbond substituents is 1. The van der Waals surface area contributed by atoms with Gasteiger partial charge in [-0.05, 0) is 32.0 Å². The molecular weight excluding hydrogens is 252 g/mol. The van der Waals surface area contributed by atoms with Crippen LogP contribution in [0.25, 0.3) is 0 Å². The maximum absolute atomic E-state index is 12.4. The summed E-state index contributed by atoms with van der Waals surface area (Å²) in [7, 11) is 0. The van der Waals surface area contributed by atoms with Crippen LogP contribution in [0.2, 0.25) is 5.02 Å². The largest absolute Gasteiger partial charge is 0.508 e. The predicted molar refractivity (Wildman–Crippen MR) is 71.1 cm³/mol. The fourth-order valence-corrected chi connectivity index (χ4v) is 2.54. The number of rotatable bonds is 1. The molecule has 0 saturated carbocycles. The van der Waals surface area contributed by atoms with Crippen molar-refractivity contribution in [2.75, 3.05) is 13.1 Å². The van der Waals surface area contributed by atoms with Gasteiger partial charge in [-0.3, -0.25) is 4.79 Å². The summed E-state index contributed by atoms with van der Waals surface area (Å²) in [6.45, 7) is 5.38. The van der Waals surface area contributed by atoms with Crippen molar-refractivity contribution in [3.05, 3.63) is 28.8 Å². The lowest BCUT2D eigenvalue weighted by Gasteiger charge is -2.36. The van der Waals surface area contributed by atoms with E-state index in [1.165, 1.54) is 12.1 Å². The molecule has 1 fully saturated rings. The third kappa shape index (κ3) is 2.76. The van der Waals surface area contributed by atoms with Gasteiger partial charge in [-0.25, -0.2) is 0 Å². The highest BCUT2D eigenvalue weighted by molar-refractivity contribution is 6.33. The van der Waals surface area contributed by atoms with Crippen LogP contribution in [0, 0.1) is 0 Å². The number of amides is 1. The van der Waals surface area contributed by atoms with Gasteiger partial charge < -0.3 is 15.3 Å². The lowest BCUT2D eigenvalue weighted by Crippen LogP contribution is -2.55. The molecule has 1 aromatic carbocycles. The van der Waals surface area contributed by atoms with Crippen molar-refractivity contribution in [3.8, 4) is 5.75 Å². The van der Waals surface area contributed by atoms with Gasteiger partial charge in [0.2, 0.25) is 0 Å². The van der Waals surface area contributed by atoms with Crippen LogP contribution in [0.4, 0.5) is 0 Å². The fraction of sp³-hybridized carbons (Fsp3) is 0.462. The Balaban J connectivity index is 2.22. The summed E-state index contributed by atoms with van der Waals surface area (Å²) in [5.74, 6) is -0.0740. The average molecular weight is 269 g/mol. The number of halogens is 1. The predicted octanol–water partition coefficient (Wildman–Crippen LogP) is 1.87. The van der Waals surface area contributed by atoms with E-state index in [9.17, 15) is 9.90 Å². The van der Waals surface area contributed by atoms with Crippen molar-refractivity contribution in [2.45, 2.75) is 25.9 Å². The second-order valence-corrected chi connectivity index (χ2v) is 5.25. The number of piperazine rings is 1. The maximum Gasteiger partial charge on any atom is 0.255 e. The zero-order chi connectivity index (χ0) is 13.3. The van der Waals surface area contributed by atoms with E-state index < -0.39 is 0 Å². The van der Waals surface area contributed by atoms with Gasteiger partial charge in [0.1, 0.15) is 5.75 Å². The molecule has 0 aromatic heterocycles. The van der Waals surface area contributed by atoms with E-state index >= 15 is 0 Å². The molecule has 2 unspecified atom stereocenters. The van der Waals surface area contributed by atoms with Gasteiger partial charge in [0.25, 0.3) is 5.91 Å². The van der Waals surface area contributed by atoms with Gasteiger partial charge in [0.15, 0.2) is 0 Å². The molecule has 1 aliphatic rings. The molecule has 1 aromatic rings. The number of phenols is 1. The van der Waals surface area contributed by atoms with Crippen LogP contribution in [0.15, 0.2) is 18.2 Å². The van der Waals surface area contributed by atoms with Crippen LogP contribution < -0.4 is 5.32 Å². The van der Waals surface area contributed by atoms with Gasteiger partial charge in [-0.15, -0.1) is 0 Å². The minimum atomic E-state index is -0.129. The number of hydrogen-bond donors (Lipinski definition) is 2. The first kappa shape index (κ1) is 13.2. The van der Waals surface area contributed by atoms with E-state index in [-0.39, 0.29) is 23.7 Å². The van der Waals surface area contributed by atoms with E-state index in [2.05, 4.69) is 5.32 Å². The molecule has 0 spiro atoms. The number of carbonyl (C=O) groups excluding carboxylic acids is 1. The Morgan fingerprint density at radius 2 is 2.00 bits per heavy atom. The first-order chi connectivity index (χ1) is 8.47. The molecule has 1 heterocycles. The highest BCUT2D eigenvalue weighted by Gasteiger charge is 2.26. The second kappa shape index (κ2) is 5.16. The van der Waals surface area contributed by atoms with Crippen LogP contribution in [0.3, 0.4) is 0 Å². The molecule has 0 radical (unpaired) electrons. The van der Waals surface area contributed by atoms with Crippen molar-refractivity contribution < 1.29 is 9.90 Å². The van der Waals surface area contributed by atoms with E-state index in [1.807, 2.05) is 13.8 Å². The Morgan fingerprint density at radius 1 is 1.39 bits per heavy atom. The number of carbonyl (C=O) groups is 1. The zero-order valence-corrected chi connectivity index (χ0v) is 11.2. The Labute approximate surface area is 112 Å². The molecule has 0 aliphatic carbocycles. The minimum absolute atomic E-state index is 0.0546. The molecule has 18 heavy (non-hydrogen) atoms. The first-order valence-electron chi connectivity index (χ1n) is 6.01. The zero-order valence-electron chi connectivity index (χ0n) is 10.5. The molecule has 2 atom stereocenters. The van der Waals surface area contributed by atoms with Crippen molar-refractivity contribution in [1.29, 1.82) is 0 Å². The fourth-order valence-electron chi connectivity index (χ4n) is 2.34. The third-order valence-corrected chi connectivity index (χ3v) is 3.35. The van der Waals surface area contributed by atoms with Crippen LogP contribution in [-0.4, -0.2) is 41.1 Å². The molecule has 1 amide bonds. The summed E-state index contributed by atoms with van der Waals surface area (Å²) in [5.41, 5.74) is 0.359. The lowest BCUT2D eigenvalue weighted by molar-refractivity contribution is 0.0673. The Bertz CT molecular complexity index is 454. The van der Waals surface area contributed by atoms with Gasteiger partial charge in [-0.1, -0.05) is 11.6 Å². The average Bonchev–Trinajstić information content (AvgIpc) is 2.30. The Morgan fingerprint density at radius 3 is 2.61 bits per heavy atom. The number of benzene rings is 1. The summed E-state index contributed by atoms with van der Waals surface area (Å²) in [4.78, 5) is 14.1. The molecule has 5 heteroatoms. The quantitative estimate of drug-likeness (QED) is 0.818. The van der Waals surface area contributed by atoms with Crippen LogP contribution >= 0.6 is 11.6 Å². The topological polar surface area (TPSA) is 52.6 Å². The van der Waals surface area contributed by atoms with Crippen molar-refractivity contribution >= 4 is 17.5 Å². The number of hydrogen-bond acceptors (Lipinski definition) is 3. The van der Waals surface area contributed by atoms with Crippen molar-refractivity contribution in [3.63, 3.8) is 0 Å². The molecular formula is C13H17ClN2O2. The highest BCUT2D eigenvalue weighted by Crippen LogP contribution is 2.23. The number of aromatic hydroxyl groups is 1. The standard InChI is InChI=1S/C13H17ClN2O2/c1-8-6-16(7-9(2)15-8)13(18)11-5-10(17)3-4-12(11)14/h3-5,8-9,15,17H,6-7H2,1-2H3. The first-order valence-corrected chi connectivity index (χ1v) is 6.39. The molecule has 2 rings (SSSR count). The maximum atomic E-state index is 12.4. The molecule has 1 saturated heterocycles. The monoisotopic (exact) mass is 268 g/mol. The Kier molecular flexibility index (Phi) is 3.78. The third-order valence-electron chi connectivity index (χ3n) is 3.03. The summed E-state index contributed by atoms with van der Waals surface area (Å²) in [5, 5.41) is 13.2. The van der Waals surface area contributed by atoms with Gasteiger partial charge >= 0.3 is 0 Å². The summed E-state index contributed by atoms with van der Waals surface area (Å²) in [6, 6.07) is 4.95. The van der Waals surface area contributed by atoms with Crippen molar-refractivity contribution in [1.82, 2.24) is 10.2 Å². The smallest absolute Gasteiger partial charge is 0.255 e. The number of nitrogens with zero attached hydrogens (tertiary/aromatic N) is 1. The van der Waals surface area contributed by atoms with E-state index in [0.29, 0.717) is 23.7 Å². The molecule has 4 nitrogen and oxygen atoms in total. The number of nitrogens with one attached hydrogen (secondary N) is 1.